The van der Waals surface area contributed by atoms with Crippen molar-refractivity contribution in [1.82, 2.24) is 9.55 Å². The molecule has 2 heterocycles. The molecule has 4 heteroatoms. The third-order valence-corrected chi connectivity index (χ3v) is 3.21. The maximum atomic E-state index is 11.6. The highest BCUT2D eigenvalue weighted by Gasteiger charge is 2.06. The third kappa shape index (κ3) is 2.29. The first-order valence-electron chi connectivity index (χ1n) is 6.27. The van der Waals surface area contributed by atoms with Crippen LogP contribution in [0.4, 0.5) is 0 Å². The summed E-state index contributed by atoms with van der Waals surface area (Å²) in [6, 6.07) is 7.57. The molecule has 19 heavy (non-hydrogen) atoms. The molecule has 0 aliphatic heterocycles. The van der Waals surface area contributed by atoms with Gasteiger partial charge in [-0.3, -0.25) is 0 Å². The lowest BCUT2D eigenvalue weighted by molar-refractivity contribution is 0.557. The fourth-order valence-corrected chi connectivity index (χ4v) is 2.20. The van der Waals surface area contributed by atoms with E-state index in [9.17, 15) is 4.79 Å². The summed E-state index contributed by atoms with van der Waals surface area (Å²) in [7, 11) is 0. The highest BCUT2D eigenvalue weighted by atomic mass is 16.4. The molecule has 0 radical (unpaired) electrons. The van der Waals surface area contributed by atoms with Crippen LogP contribution in [0.15, 0.2) is 52.2 Å². The van der Waals surface area contributed by atoms with Crippen LogP contribution in [0, 0.1) is 0 Å². The standard InChI is InChI=1S/C15H14N2O2/c1-2-11-3-4-13-12(9-17-6-5-16-10-17)8-15(18)19-14(13)7-11/h3-8,10H,2,9H2,1H3. The van der Waals surface area contributed by atoms with Crippen LogP contribution in [0.1, 0.15) is 18.1 Å². The van der Waals surface area contributed by atoms with Gasteiger partial charge in [0.15, 0.2) is 0 Å². The van der Waals surface area contributed by atoms with Gasteiger partial charge in [0.1, 0.15) is 5.58 Å². The number of aromatic nitrogens is 2. The normalized spacial score (nSPS) is 11.0. The van der Waals surface area contributed by atoms with Crippen LogP contribution in [0.2, 0.25) is 0 Å². The topological polar surface area (TPSA) is 48.0 Å². The van der Waals surface area contributed by atoms with Crippen LogP contribution in [-0.4, -0.2) is 9.55 Å². The van der Waals surface area contributed by atoms with E-state index >= 15 is 0 Å². The highest BCUT2D eigenvalue weighted by Crippen LogP contribution is 2.19. The number of benzene rings is 1. The molecule has 0 atom stereocenters. The Hall–Kier alpha value is -2.36. The van der Waals surface area contributed by atoms with E-state index in [2.05, 4.69) is 18.0 Å². The predicted molar refractivity (Wildman–Crippen MR) is 73.2 cm³/mol. The molecule has 1 aromatic carbocycles. The lowest BCUT2D eigenvalue weighted by Gasteiger charge is -2.07. The number of imidazole rings is 1. The molecule has 3 aromatic rings. The average molecular weight is 254 g/mol. The minimum Gasteiger partial charge on any atom is -0.423 e. The molecule has 2 aromatic heterocycles. The molecule has 4 nitrogen and oxygen atoms in total. The first kappa shape index (κ1) is 11.7. The zero-order valence-electron chi connectivity index (χ0n) is 10.7. The SMILES string of the molecule is CCc1ccc2c(Cn3ccnc3)cc(=O)oc2c1. The van der Waals surface area contributed by atoms with Crippen LogP contribution in [-0.2, 0) is 13.0 Å². The number of rotatable bonds is 3. The van der Waals surface area contributed by atoms with Gasteiger partial charge in [-0.15, -0.1) is 0 Å². The second-order valence-corrected chi connectivity index (χ2v) is 4.51. The van der Waals surface area contributed by atoms with Crippen LogP contribution in [0.25, 0.3) is 11.0 Å². The van der Waals surface area contributed by atoms with Gasteiger partial charge in [-0.1, -0.05) is 19.1 Å². The molecule has 0 spiro atoms. The fraction of sp³-hybridized carbons (Fsp3) is 0.200. The van der Waals surface area contributed by atoms with Crippen molar-refractivity contribution in [1.29, 1.82) is 0 Å². The molecule has 0 fully saturated rings. The smallest absolute Gasteiger partial charge is 0.336 e. The molecule has 0 amide bonds. The van der Waals surface area contributed by atoms with Crippen molar-refractivity contribution in [3.63, 3.8) is 0 Å². The zero-order valence-corrected chi connectivity index (χ0v) is 10.7. The van der Waals surface area contributed by atoms with Crippen LogP contribution in [0.3, 0.4) is 0 Å². The summed E-state index contributed by atoms with van der Waals surface area (Å²) in [6.07, 6.45) is 6.26. The molecule has 0 bridgehead atoms. The lowest BCUT2D eigenvalue weighted by Crippen LogP contribution is -2.04. The van der Waals surface area contributed by atoms with E-state index in [1.165, 1.54) is 0 Å². The van der Waals surface area contributed by atoms with Crippen molar-refractivity contribution >= 4 is 11.0 Å². The van der Waals surface area contributed by atoms with Gasteiger partial charge in [-0.05, 0) is 23.6 Å². The molecular weight excluding hydrogens is 240 g/mol. The first-order chi connectivity index (χ1) is 9.26. The van der Waals surface area contributed by atoms with Crippen molar-refractivity contribution in [3.8, 4) is 0 Å². The van der Waals surface area contributed by atoms with E-state index in [1.54, 1.807) is 18.6 Å². The first-order valence-corrected chi connectivity index (χ1v) is 6.27. The second kappa shape index (κ2) is 4.72. The Morgan fingerprint density at radius 1 is 1.32 bits per heavy atom. The summed E-state index contributed by atoms with van der Waals surface area (Å²) < 4.78 is 7.22. The molecule has 3 rings (SSSR count). The molecule has 0 unspecified atom stereocenters. The van der Waals surface area contributed by atoms with Crippen LogP contribution >= 0.6 is 0 Å². The summed E-state index contributed by atoms with van der Waals surface area (Å²) in [4.78, 5) is 15.7. The Morgan fingerprint density at radius 3 is 2.95 bits per heavy atom. The van der Waals surface area contributed by atoms with Gasteiger partial charge < -0.3 is 8.98 Å². The largest absolute Gasteiger partial charge is 0.423 e. The molecule has 96 valence electrons. The molecule has 0 N–H and O–H groups in total. The summed E-state index contributed by atoms with van der Waals surface area (Å²) in [5.74, 6) is 0. The van der Waals surface area contributed by atoms with Gasteiger partial charge in [-0.2, -0.15) is 0 Å². The van der Waals surface area contributed by atoms with E-state index in [4.69, 9.17) is 4.42 Å². The van der Waals surface area contributed by atoms with E-state index in [0.717, 1.165) is 22.9 Å². The van der Waals surface area contributed by atoms with Gasteiger partial charge in [0.05, 0.1) is 6.33 Å². The Morgan fingerprint density at radius 2 is 2.21 bits per heavy atom. The summed E-state index contributed by atoms with van der Waals surface area (Å²) >= 11 is 0. The monoisotopic (exact) mass is 254 g/mol. The lowest BCUT2D eigenvalue weighted by atomic mass is 10.1. The number of nitrogens with zero attached hydrogens (tertiary/aromatic N) is 2. The average Bonchev–Trinajstić information content (AvgIpc) is 2.90. The Kier molecular flexibility index (Phi) is 2.91. The van der Waals surface area contributed by atoms with E-state index < -0.39 is 0 Å². The Balaban J connectivity index is 2.15. The van der Waals surface area contributed by atoms with Crippen molar-refractivity contribution in [2.45, 2.75) is 19.9 Å². The summed E-state index contributed by atoms with van der Waals surface area (Å²) in [5, 5.41) is 0.977. The van der Waals surface area contributed by atoms with Gasteiger partial charge in [0.2, 0.25) is 0 Å². The van der Waals surface area contributed by atoms with Crippen molar-refractivity contribution < 1.29 is 4.42 Å². The second-order valence-electron chi connectivity index (χ2n) is 4.51. The molecule has 0 aliphatic carbocycles. The molecule has 0 saturated heterocycles. The zero-order chi connectivity index (χ0) is 13.2. The quantitative estimate of drug-likeness (QED) is 0.675. The van der Waals surface area contributed by atoms with Gasteiger partial charge in [0.25, 0.3) is 0 Å². The number of hydrogen-bond donors (Lipinski definition) is 0. The minimum atomic E-state index is -0.309. The van der Waals surface area contributed by atoms with Crippen molar-refractivity contribution in [2.75, 3.05) is 0 Å². The van der Waals surface area contributed by atoms with Crippen LogP contribution < -0.4 is 5.63 Å². The van der Waals surface area contributed by atoms with E-state index in [0.29, 0.717) is 12.1 Å². The minimum absolute atomic E-state index is 0.309. The van der Waals surface area contributed by atoms with Gasteiger partial charge in [-0.25, -0.2) is 9.78 Å². The predicted octanol–water partition coefficient (Wildman–Crippen LogP) is 2.60. The van der Waals surface area contributed by atoms with Gasteiger partial charge in [0, 0.05) is 30.4 Å². The third-order valence-electron chi connectivity index (χ3n) is 3.21. The Bertz CT molecular complexity index is 757. The summed E-state index contributed by atoms with van der Waals surface area (Å²) in [6.45, 7) is 2.70. The van der Waals surface area contributed by atoms with E-state index in [1.807, 2.05) is 22.9 Å². The fourth-order valence-electron chi connectivity index (χ4n) is 2.20. The summed E-state index contributed by atoms with van der Waals surface area (Å²) in [5.41, 5.74) is 2.46. The molecular formula is C15H14N2O2. The molecule has 0 saturated carbocycles. The molecule has 0 aliphatic rings. The van der Waals surface area contributed by atoms with Crippen molar-refractivity contribution in [2.24, 2.45) is 0 Å². The maximum Gasteiger partial charge on any atom is 0.336 e. The van der Waals surface area contributed by atoms with Gasteiger partial charge >= 0.3 is 5.63 Å². The van der Waals surface area contributed by atoms with Crippen molar-refractivity contribution in [3.05, 3.63) is 64.5 Å². The maximum absolute atomic E-state index is 11.6. The number of aryl methyl sites for hydroxylation is 1. The highest BCUT2D eigenvalue weighted by molar-refractivity contribution is 5.80. The number of fused-ring (bicyclic) bond motifs is 1. The number of hydrogen-bond acceptors (Lipinski definition) is 3. The van der Waals surface area contributed by atoms with Crippen LogP contribution in [0.5, 0.6) is 0 Å². The Labute approximate surface area is 110 Å². The van der Waals surface area contributed by atoms with E-state index in [-0.39, 0.29) is 5.63 Å².